The molecule has 0 radical (unpaired) electrons. The summed E-state index contributed by atoms with van der Waals surface area (Å²) < 4.78 is 5.45. The molecule has 1 aliphatic rings. The van der Waals surface area contributed by atoms with E-state index >= 15 is 0 Å². The molecule has 0 aliphatic carbocycles. The number of hydrogen-bond donors (Lipinski definition) is 1. The summed E-state index contributed by atoms with van der Waals surface area (Å²) >= 11 is 0. The van der Waals surface area contributed by atoms with E-state index in [-0.39, 0.29) is 18.0 Å². The normalized spacial score (nSPS) is 17.1. The molecule has 1 saturated heterocycles. The van der Waals surface area contributed by atoms with Gasteiger partial charge in [0.25, 0.3) is 0 Å². The number of morpholine rings is 1. The second-order valence-corrected chi connectivity index (χ2v) is 7.49. The van der Waals surface area contributed by atoms with Crippen LogP contribution in [-0.2, 0) is 16.1 Å². The molecule has 2 unspecified atom stereocenters. The fourth-order valence-electron chi connectivity index (χ4n) is 3.65. The summed E-state index contributed by atoms with van der Waals surface area (Å²) in [6, 6.07) is 19.8. The van der Waals surface area contributed by atoms with Gasteiger partial charge in [0.05, 0.1) is 13.2 Å². The van der Waals surface area contributed by atoms with Crippen LogP contribution >= 0.6 is 0 Å². The highest BCUT2D eigenvalue weighted by Crippen LogP contribution is 2.18. The number of amides is 1. The van der Waals surface area contributed by atoms with Gasteiger partial charge in [-0.05, 0) is 18.1 Å². The highest BCUT2D eigenvalue weighted by atomic mass is 16.5. The average Bonchev–Trinajstić information content (AvgIpc) is 2.74. The Hall–Kier alpha value is -2.21. The van der Waals surface area contributed by atoms with Gasteiger partial charge in [-0.25, -0.2) is 0 Å². The first-order valence-corrected chi connectivity index (χ1v) is 10.1. The number of nitrogens with zero attached hydrogens (tertiary/aromatic N) is 2. The van der Waals surface area contributed by atoms with Gasteiger partial charge in [-0.2, -0.15) is 0 Å². The van der Waals surface area contributed by atoms with Gasteiger partial charge in [0.2, 0.25) is 5.91 Å². The summed E-state index contributed by atoms with van der Waals surface area (Å²) in [5, 5.41) is 0. The Balaban J connectivity index is 1.69. The molecule has 1 fully saturated rings. The second-order valence-electron chi connectivity index (χ2n) is 7.49. The zero-order chi connectivity index (χ0) is 19.8. The van der Waals surface area contributed by atoms with Crippen molar-refractivity contribution in [1.29, 1.82) is 0 Å². The van der Waals surface area contributed by atoms with E-state index in [2.05, 4.69) is 24.0 Å². The number of carbonyl (C=O) groups excluding carboxylic acids is 1. The van der Waals surface area contributed by atoms with Gasteiger partial charge in [0, 0.05) is 44.7 Å². The zero-order valence-corrected chi connectivity index (χ0v) is 16.7. The topological polar surface area (TPSA) is 58.8 Å². The molecule has 150 valence electrons. The molecule has 5 heteroatoms. The fourth-order valence-corrected chi connectivity index (χ4v) is 3.65. The van der Waals surface area contributed by atoms with Gasteiger partial charge in [-0.3, -0.25) is 9.69 Å². The van der Waals surface area contributed by atoms with E-state index in [0.717, 1.165) is 44.0 Å². The van der Waals surface area contributed by atoms with E-state index in [4.69, 9.17) is 10.5 Å². The molecule has 0 aromatic heterocycles. The number of nitrogens with two attached hydrogens (primary N) is 1. The van der Waals surface area contributed by atoms with E-state index in [1.54, 1.807) is 0 Å². The van der Waals surface area contributed by atoms with Crippen LogP contribution in [0, 0.1) is 0 Å². The Morgan fingerprint density at radius 2 is 1.68 bits per heavy atom. The van der Waals surface area contributed by atoms with E-state index in [9.17, 15) is 4.79 Å². The molecule has 1 amide bonds. The lowest BCUT2D eigenvalue weighted by atomic mass is 10.0. The summed E-state index contributed by atoms with van der Waals surface area (Å²) in [4.78, 5) is 17.6. The molecule has 0 saturated carbocycles. The lowest BCUT2D eigenvalue weighted by molar-refractivity contribution is -0.135. The Labute approximate surface area is 168 Å². The molecule has 3 rings (SSSR count). The largest absolute Gasteiger partial charge is 0.379 e. The van der Waals surface area contributed by atoms with Gasteiger partial charge >= 0.3 is 0 Å². The first-order chi connectivity index (χ1) is 13.6. The van der Waals surface area contributed by atoms with Crippen molar-refractivity contribution in [2.24, 2.45) is 5.73 Å². The van der Waals surface area contributed by atoms with Crippen LogP contribution in [0.5, 0.6) is 0 Å². The van der Waals surface area contributed by atoms with Crippen molar-refractivity contribution >= 4 is 5.91 Å². The molecule has 2 aromatic rings. The van der Waals surface area contributed by atoms with Crippen molar-refractivity contribution < 1.29 is 9.53 Å². The molecule has 0 bridgehead atoms. The average molecular weight is 382 g/mol. The lowest BCUT2D eigenvalue weighted by Gasteiger charge is -2.35. The van der Waals surface area contributed by atoms with Crippen molar-refractivity contribution in [3.63, 3.8) is 0 Å². The quantitative estimate of drug-likeness (QED) is 0.764. The van der Waals surface area contributed by atoms with Crippen molar-refractivity contribution in [3.8, 4) is 0 Å². The maximum absolute atomic E-state index is 13.2. The van der Waals surface area contributed by atoms with Crippen molar-refractivity contribution in [1.82, 2.24) is 9.80 Å². The molecule has 5 nitrogen and oxygen atoms in total. The summed E-state index contributed by atoms with van der Waals surface area (Å²) in [6.07, 6.45) is 0.310. The standard InChI is InChI=1S/C23H31N3O2/c1-19(17-25-12-14-28-15-13-25)26(18-20-8-4-2-5-9-20)23(27)16-22(24)21-10-6-3-7-11-21/h2-11,19,22H,12-18,24H2,1H3. The molecular weight excluding hydrogens is 350 g/mol. The van der Waals surface area contributed by atoms with Crippen LogP contribution in [0.2, 0.25) is 0 Å². The Morgan fingerprint density at radius 1 is 1.07 bits per heavy atom. The highest BCUT2D eigenvalue weighted by Gasteiger charge is 2.25. The van der Waals surface area contributed by atoms with Crippen molar-refractivity contribution in [3.05, 3.63) is 71.8 Å². The van der Waals surface area contributed by atoms with Crippen molar-refractivity contribution in [2.45, 2.75) is 32.0 Å². The van der Waals surface area contributed by atoms with Crippen LogP contribution in [0.4, 0.5) is 0 Å². The van der Waals surface area contributed by atoms with Gasteiger partial charge in [-0.1, -0.05) is 60.7 Å². The van der Waals surface area contributed by atoms with Crippen LogP contribution in [0.15, 0.2) is 60.7 Å². The second kappa shape index (κ2) is 10.4. The van der Waals surface area contributed by atoms with Crippen LogP contribution in [0.25, 0.3) is 0 Å². The highest BCUT2D eigenvalue weighted by molar-refractivity contribution is 5.77. The minimum Gasteiger partial charge on any atom is -0.379 e. The summed E-state index contributed by atoms with van der Waals surface area (Å²) in [7, 11) is 0. The molecular formula is C23H31N3O2. The van der Waals surface area contributed by atoms with Gasteiger partial charge in [0.15, 0.2) is 0 Å². The lowest BCUT2D eigenvalue weighted by Crippen LogP contribution is -2.48. The Bertz CT molecular complexity index is 717. The third-order valence-electron chi connectivity index (χ3n) is 5.30. The third-order valence-corrected chi connectivity index (χ3v) is 5.30. The minimum absolute atomic E-state index is 0.0981. The molecule has 2 aromatic carbocycles. The van der Waals surface area contributed by atoms with Crippen molar-refractivity contribution in [2.75, 3.05) is 32.8 Å². The number of rotatable bonds is 8. The van der Waals surface area contributed by atoms with E-state index in [0.29, 0.717) is 13.0 Å². The number of hydrogen-bond acceptors (Lipinski definition) is 4. The number of benzene rings is 2. The van der Waals surface area contributed by atoms with E-state index in [1.807, 2.05) is 53.4 Å². The molecule has 2 atom stereocenters. The number of ether oxygens (including phenoxy) is 1. The minimum atomic E-state index is -0.289. The molecule has 1 heterocycles. The van der Waals surface area contributed by atoms with Crippen LogP contribution < -0.4 is 5.73 Å². The first kappa shape index (κ1) is 20.5. The smallest absolute Gasteiger partial charge is 0.225 e. The fraction of sp³-hybridized carbons (Fsp3) is 0.435. The first-order valence-electron chi connectivity index (χ1n) is 10.1. The van der Waals surface area contributed by atoms with Gasteiger partial charge < -0.3 is 15.4 Å². The van der Waals surface area contributed by atoms with Crippen LogP contribution in [0.3, 0.4) is 0 Å². The molecule has 2 N–H and O–H groups in total. The Kier molecular flexibility index (Phi) is 7.60. The zero-order valence-electron chi connectivity index (χ0n) is 16.7. The van der Waals surface area contributed by atoms with Crippen LogP contribution in [0.1, 0.15) is 30.5 Å². The maximum Gasteiger partial charge on any atom is 0.225 e. The summed E-state index contributed by atoms with van der Waals surface area (Å²) in [5.74, 6) is 0.0981. The SMILES string of the molecule is CC(CN1CCOCC1)N(Cc1ccccc1)C(=O)CC(N)c1ccccc1. The molecule has 28 heavy (non-hydrogen) atoms. The maximum atomic E-state index is 13.2. The van der Waals surface area contributed by atoms with Gasteiger partial charge in [0.1, 0.15) is 0 Å². The Morgan fingerprint density at radius 3 is 2.32 bits per heavy atom. The summed E-state index contributed by atoms with van der Waals surface area (Å²) in [5.41, 5.74) is 8.47. The predicted molar refractivity (Wildman–Crippen MR) is 112 cm³/mol. The monoisotopic (exact) mass is 381 g/mol. The predicted octanol–water partition coefficient (Wildman–Crippen LogP) is 2.83. The van der Waals surface area contributed by atoms with E-state index in [1.165, 1.54) is 0 Å². The third kappa shape index (κ3) is 5.89. The molecule has 1 aliphatic heterocycles. The summed E-state index contributed by atoms with van der Waals surface area (Å²) in [6.45, 7) is 6.94. The van der Waals surface area contributed by atoms with Gasteiger partial charge in [-0.15, -0.1) is 0 Å². The molecule has 0 spiro atoms. The van der Waals surface area contributed by atoms with E-state index < -0.39 is 0 Å². The van der Waals surface area contributed by atoms with Crippen LogP contribution in [-0.4, -0.2) is 54.6 Å². The number of carbonyl (C=O) groups is 1.